The van der Waals surface area contributed by atoms with Gasteiger partial charge in [0.1, 0.15) is 0 Å². The molecule has 2 rings (SSSR count). The molecule has 0 amide bonds. The number of benzene rings is 1. The van der Waals surface area contributed by atoms with Crippen LogP contribution in [0.5, 0.6) is 0 Å². The third-order valence-electron chi connectivity index (χ3n) is 2.38. The Balaban J connectivity index is 2.34. The van der Waals surface area contributed by atoms with Crippen LogP contribution in [0.15, 0.2) is 41.8 Å². The molecule has 0 aliphatic carbocycles. The summed E-state index contributed by atoms with van der Waals surface area (Å²) in [6.45, 7) is 1.69. The largest absolute Gasteiger partial charge is 0.389 e. The van der Waals surface area contributed by atoms with Crippen molar-refractivity contribution < 1.29 is 9.90 Å². The van der Waals surface area contributed by atoms with Gasteiger partial charge < -0.3 is 5.11 Å². The first kappa shape index (κ1) is 11.0. The van der Waals surface area contributed by atoms with Crippen molar-refractivity contribution in [3.05, 3.63) is 57.8 Å². The van der Waals surface area contributed by atoms with Gasteiger partial charge in [0, 0.05) is 5.56 Å². The summed E-state index contributed by atoms with van der Waals surface area (Å²) >= 11 is 1.43. The molecule has 1 atom stereocenters. The van der Waals surface area contributed by atoms with E-state index in [4.69, 9.17) is 0 Å². The molecule has 0 spiro atoms. The summed E-state index contributed by atoms with van der Waals surface area (Å²) in [5.74, 6) is 0.0116. The second-order valence-electron chi connectivity index (χ2n) is 3.61. The number of aliphatic hydroxyl groups excluding tert-OH is 1. The third kappa shape index (κ3) is 2.21. The predicted octanol–water partition coefficient (Wildman–Crippen LogP) is 3.03. The number of hydrogen-bond donors (Lipinski definition) is 1. The molecule has 0 saturated carbocycles. The van der Waals surface area contributed by atoms with Gasteiger partial charge >= 0.3 is 0 Å². The van der Waals surface area contributed by atoms with E-state index in [1.807, 2.05) is 23.6 Å². The summed E-state index contributed by atoms with van der Waals surface area (Å²) in [6.07, 6.45) is -0.545. The summed E-state index contributed by atoms with van der Waals surface area (Å²) in [7, 11) is 0. The van der Waals surface area contributed by atoms with E-state index in [-0.39, 0.29) is 5.78 Å². The maximum absolute atomic E-state index is 12.0. The Labute approximate surface area is 98.2 Å². The zero-order valence-corrected chi connectivity index (χ0v) is 9.70. The van der Waals surface area contributed by atoms with E-state index in [0.29, 0.717) is 5.56 Å². The summed E-state index contributed by atoms with van der Waals surface area (Å²) in [6, 6.07) is 10.8. The molecule has 1 heterocycles. The van der Waals surface area contributed by atoms with Crippen molar-refractivity contribution in [2.75, 3.05) is 0 Å². The predicted molar refractivity (Wildman–Crippen MR) is 64.8 cm³/mol. The molecular formula is C13H12O2S. The van der Waals surface area contributed by atoms with Gasteiger partial charge in [0.15, 0.2) is 0 Å². The quantitative estimate of drug-likeness (QED) is 0.826. The summed E-state index contributed by atoms with van der Waals surface area (Å²) in [5, 5.41) is 11.3. The zero-order chi connectivity index (χ0) is 11.5. The van der Waals surface area contributed by atoms with Gasteiger partial charge in [-0.3, -0.25) is 4.79 Å². The van der Waals surface area contributed by atoms with Gasteiger partial charge in [0.05, 0.1) is 11.0 Å². The van der Waals surface area contributed by atoms with Crippen molar-refractivity contribution in [3.63, 3.8) is 0 Å². The van der Waals surface area contributed by atoms with Crippen LogP contribution in [-0.2, 0) is 0 Å². The standard InChI is InChI=1S/C13H12O2S/c1-9(14)10-4-2-5-11(8-10)13(15)12-6-3-7-16-12/h2-9,14H,1H3. The first-order valence-electron chi connectivity index (χ1n) is 5.04. The van der Waals surface area contributed by atoms with E-state index in [1.165, 1.54) is 11.3 Å². The van der Waals surface area contributed by atoms with Crippen LogP contribution in [-0.4, -0.2) is 10.9 Å². The van der Waals surface area contributed by atoms with Gasteiger partial charge in [0.25, 0.3) is 0 Å². The minimum atomic E-state index is -0.545. The normalized spacial score (nSPS) is 12.4. The molecule has 1 unspecified atom stereocenters. The van der Waals surface area contributed by atoms with Crippen LogP contribution in [0.25, 0.3) is 0 Å². The highest BCUT2D eigenvalue weighted by atomic mass is 32.1. The molecule has 2 nitrogen and oxygen atoms in total. The molecular weight excluding hydrogens is 220 g/mol. The van der Waals surface area contributed by atoms with E-state index in [0.717, 1.165) is 10.4 Å². The smallest absolute Gasteiger partial charge is 0.202 e. The first-order chi connectivity index (χ1) is 7.68. The molecule has 0 fully saturated rings. The van der Waals surface area contributed by atoms with Gasteiger partial charge in [-0.25, -0.2) is 0 Å². The van der Waals surface area contributed by atoms with Crippen molar-refractivity contribution in [3.8, 4) is 0 Å². The second-order valence-corrected chi connectivity index (χ2v) is 4.56. The fourth-order valence-electron chi connectivity index (χ4n) is 1.49. The lowest BCUT2D eigenvalue weighted by molar-refractivity contribution is 0.104. The summed E-state index contributed by atoms with van der Waals surface area (Å²) < 4.78 is 0. The van der Waals surface area contributed by atoms with Crippen molar-refractivity contribution >= 4 is 17.1 Å². The molecule has 1 aromatic carbocycles. The van der Waals surface area contributed by atoms with Crippen LogP contribution < -0.4 is 0 Å². The van der Waals surface area contributed by atoms with Crippen molar-refractivity contribution in [2.45, 2.75) is 13.0 Å². The number of ketones is 1. The van der Waals surface area contributed by atoms with E-state index < -0.39 is 6.10 Å². The van der Waals surface area contributed by atoms with E-state index >= 15 is 0 Å². The monoisotopic (exact) mass is 232 g/mol. The van der Waals surface area contributed by atoms with Gasteiger partial charge in [-0.1, -0.05) is 24.3 Å². The van der Waals surface area contributed by atoms with Crippen LogP contribution in [0.2, 0.25) is 0 Å². The number of aliphatic hydroxyl groups is 1. The molecule has 0 aliphatic rings. The summed E-state index contributed by atoms with van der Waals surface area (Å²) in [5.41, 5.74) is 1.39. The Morgan fingerprint density at radius 1 is 1.31 bits per heavy atom. The Morgan fingerprint density at radius 3 is 2.75 bits per heavy atom. The molecule has 2 aromatic rings. The number of carbonyl (C=O) groups excluding carboxylic acids is 1. The lowest BCUT2D eigenvalue weighted by Crippen LogP contribution is -2.00. The maximum atomic E-state index is 12.0. The molecule has 1 aromatic heterocycles. The van der Waals surface area contributed by atoms with Gasteiger partial charge in [-0.05, 0) is 30.0 Å². The van der Waals surface area contributed by atoms with Crippen LogP contribution >= 0.6 is 11.3 Å². The Bertz CT molecular complexity index is 486. The first-order valence-corrected chi connectivity index (χ1v) is 5.92. The average Bonchev–Trinajstić information content (AvgIpc) is 2.81. The summed E-state index contributed by atoms with van der Waals surface area (Å²) in [4.78, 5) is 12.7. The van der Waals surface area contributed by atoms with Crippen LogP contribution in [0.4, 0.5) is 0 Å². The molecule has 0 bridgehead atoms. The average molecular weight is 232 g/mol. The number of thiophene rings is 1. The number of carbonyl (C=O) groups is 1. The molecule has 0 saturated heterocycles. The lowest BCUT2D eigenvalue weighted by Gasteiger charge is -2.06. The van der Waals surface area contributed by atoms with Crippen molar-refractivity contribution in [2.24, 2.45) is 0 Å². The highest BCUT2D eigenvalue weighted by Gasteiger charge is 2.11. The lowest BCUT2D eigenvalue weighted by atomic mass is 10.0. The Morgan fingerprint density at radius 2 is 2.12 bits per heavy atom. The van der Waals surface area contributed by atoms with E-state index in [9.17, 15) is 9.90 Å². The number of hydrogen-bond acceptors (Lipinski definition) is 3. The van der Waals surface area contributed by atoms with E-state index in [2.05, 4.69) is 0 Å². The molecule has 3 heteroatoms. The van der Waals surface area contributed by atoms with Gasteiger partial charge in [0.2, 0.25) is 5.78 Å². The molecule has 1 N–H and O–H groups in total. The van der Waals surface area contributed by atoms with E-state index in [1.54, 1.807) is 25.1 Å². The number of rotatable bonds is 3. The third-order valence-corrected chi connectivity index (χ3v) is 3.24. The molecule has 0 radical (unpaired) electrons. The van der Waals surface area contributed by atoms with Crippen LogP contribution in [0, 0.1) is 0 Å². The highest BCUT2D eigenvalue weighted by molar-refractivity contribution is 7.12. The fraction of sp³-hybridized carbons (Fsp3) is 0.154. The minimum Gasteiger partial charge on any atom is -0.389 e. The van der Waals surface area contributed by atoms with Gasteiger partial charge in [-0.15, -0.1) is 11.3 Å². The minimum absolute atomic E-state index is 0.0116. The zero-order valence-electron chi connectivity index (χ0n) is 8.88. The molecule has 82 valence electrons. The van der Waals surface area contributed by atoms with Crippen LogP contribution in [0.3, 0.4) is 0 Å². The Kier molecular flexibility index (Phi) is 3.17. The van der Waals surface area contributed by atoms with Gasteiger partial charge in [-0.2, -0.15) is 0 Å². The highest BCUT2D eigenvalue weighted by Crippen LogP contribution is 2.18. The van der Waals surface area contributed by atoms with Crippen LogP contribution in [0.1, 0.15) is 33.8 Å². The molecule has 0 aliphatic heterocycles. The van der Waals surface area contributed by atoms with Crippen molar-refractivity contribution in [1.82, 2.24) is 0 Å². The van der Waals surface area contributed by atoms with Crippen molar-refractivity contribution in [1.29, 1.82) is 0 Å². The fourth-order valence-corrected chi connectivity index (χ4v) is 2.18. The maximum Gasteiger partial charge on any atom is 0.202 e. The second kappa shape index (κ2) is 4.60. The molecule has 16 heavy (non-hydrogen) atoms. The SMILES string of the molecule is CC(O)c1cccc(C(=O)c2cccs2)c1. The topological polar surface area (TPSA) is 37.3 Å². The Hall–Kier alpha value is -1.45.